The van der Waals surface area contributed by atoms with Crippen LogP contribution in [0.5, 0.6) is 0 Å². The van der Waals surface area contributed by atoms with Crippen molar-refractivity contribution in [3.05, 3.63) is 0 Å². The number of rotatable bonds is 6. The highest BCUT2D eigenvalue weighted by Gasteiger charge is 2.34. The summed E-state index contributed by atoms with van der Waals surface area (Å²) in [4.78, 5) is 24.5. The molecule has 0 heterocycles. The fourth-order valence-electron chi connectivity index (χ4n) is 2.76. The molecule has 1 fully saturated rings. The van der Waals surface area contributed by atoms with E-state index in [2.05, 4.69) is 0 Å². The van der Waals surface area contributed by atoms with Gasteiger partial charge < -0.3 is 15.7 Å². The fraction of sp³-hybridized carbons (Fsp3) is 0.846. The average Bonchev–Trinajstić information content (AvgIpc) is 2.64. The van der Waals surface area contributed by atoms with Crippen molar-refractivity contribution in [1.82, 2.24) is 4.90 Å². The molecule has 18 heavy (non-hydrogen) atoms. The van der Waals surface area contributed by atoms with Crippen LogP contribution in [0.2, 0.25) is 0 Å². The molecule has 0 saturated heterocycles. The van der Waals surface area contributed by atoms with Gasteiger partial charge in [-0.3, -0.25) is 9.59 Å². The maximum Gasteiger partial charge on any atom is 0.305 e. The smallest absolute Gasteiger partial charge is 0.305 e. The molecule has 0 aromatic heterocycles. The maximum absolute atomic E-state index is 12.2. The molecule has 0 bridgehead atoms. The first-order valence-corrected chi connectivity index (χ1v) is 6.68. The Morgan fingerprint density at radius 3 is 2.39 bits per heavy atom. The number of nitrogens with two attached hydrogens (primary N) is 1. The molecule has 1 unspecified atom stereocenters. The third-order valence-corrected chi connectivity index (χ3v) is 3.77. The summed E-state index contributed by atoms with van der Waals surface area (Å²) >= 11 is 0. The predicted octanol–water partition coefficient (Wildman–Crippen LogP) is 1.36. The van der Waals surface area contributed by atoms with Crippen LogP contribution in [0.15, 0.2) is 0 Å². The quantitative estimate of drug-likeness (QED) is 0.751. The first-order chi connectivity index (χ1) is 8.38. The Hall–Kier alpha value is -1.10. The van der Waals surface area contributed by atoms with E-state index in [0.29, 0.717) is 13.0 Å². The Morgan fingerprint density at radius 1 is 1.39 bits per heavy atom. The van der Waals surface area contributed by atoms with Gasteiger partial charge in [-0.15, -0.1) is 0 Å². The summed E-state index contributed by atoms with van der Waals surface area (Å²) in [5, 5.41) is 8.78. The molecule has 104 valence electrons. The van der Waals surface area contributed by atoms with E-state index in [9.17, 15) is 9.59 Å². The van der Waals surface area contributed by atoms with Crippen molar-refractivity contribution in [2.24, 2.45) is 5.73 Å². The van der Waals surface area contributed by atoms with Gasteiger partial charge in [-0.1, -0.05) is 12.8 Å². The fourth-order valence-corrected chi connectivity index (χ4v) is 2.76. The van der Waals surface area contributed by atoms with E-state index in [1.807, 2.05) is 6.92 Å². The SMILES string of the molecule is CCN(C(=O)CC1(N)CCCC1)C(C)CC(=O)O. The third kappa shape index (κ3) is 3.98. The van der Waals surface area contributed by atoms with Crippen molar-refractivity contribution >= 4 is 11.9 Å². The van der Waals surface area contributed by atoms with Crippen LogP contribution in [0.1, 0.15) is 52.4 Å². The van der Waals surface area contributed by atoms with E-state index in [1.165, 1.54) is 0 Å². The highest BCUT2D eigenvalue weighted by molar-refractivity contribution is 5.78. The monoisotopic (exact) mass is 256 g/mol. The largest absolute Gasteiger partial charge is 0.481 e. The van der Waals surface area contributed by atoms with Gasteiger partial charge in [-0.2, -0.15) is 0 Å². The second-order valence-corrected chi connectivity index (χ2v) is 5.37. The number of carbonyl (C=O) groups excluding carboxylic acids is 1. The Kier molecular flexibility index (Phi) is 5.14. The zero-order valence-electron chi connectivity index (χ0n) is 11.3. The first kappa shape index (κ1) is 15.0. The van der Waals surface area contributed by atoms with E-state index >= 15 is 0 Å². The Balaban J connectivity index is 2.58. The molecule has 0 radical (unpaired) electrons. The standard InChI is InChI=1S/C13H24N2O3/c1-3-15(10(2)8-12(17)18)11(16)9-13(14)6-4-5-7-13/h10H,3-9,14H2,1-2H3,(H,17,18). The molecule has 1 rings (SSSR count). The lowest BCUT2D eigenvalue weighted by atomic mass is 9.93. The topological polar surface area (TPSA) is 83.6 Å². The van der Waals surface area contributed by atoms with E-state index in [4.69, 9.17) is 10.8 Å². The molecule has 1 amide bonds. The summed E-state index contributed by atoms with van der Waals surface area (Å²) in [7, 11) is 0. The van der Waals surface area contributed by atoms with Gasteiger partial charge >= 0.3 is 5.97 Å². The average molecular weight is 256 g/mol. The third-order valence-electron chi connectivity index (χ3n) is 3.77. The number of amides is 1. The van der Waals surface area contributed by atoms with Crippen LogP contribution in [0.25, 0.3) is 0 Å². The molecule has 1 aliphatic carbocycles. The molecule has 1 saturated carbocycles. The van der Waals surface area contributed by atoms with Crippen LogP contribution < -0.4 is 5.73 Å². The molecular formula is C13H24N2O3. The minimum atomic E-state index is -0.878. The van der Waals surface area contributed by atoms with Gasteiger partial charge in [0.25, 0.3) is 0 Å². The van der Waals surface area contributed by atoms with Gasteiger partial charge in [0.2, 0.25) is 5.91 Å². The lowest BCUT2D eigenvalue weighted by molar-refractivity contribution is -0.140. The summed E-state index contributed by atoms with van der Waals surface area (Å²) in [6.45, 7) is 4.17. The van der Waals surface area contributed by atoms with Crippen molar-refractivity contribution in [3.8, 4) is 0 Å². The number of carbonyl (C=O) groups is 2. The zero-order valence-corrected chi connectivity index (χ0v) is 11.3. The lowest BCUT2D eigenvalue weighted by Gasteiger charge is -2.31. The number of aliphatic carboxylic acids is 1. The molecule has 0 spiro atoms. The molecule has 5 nitrogen and oxygen atoms in total. The molecule has 5 heteroatoms. The maximum atomic E-state index is 12.2. The summed E-state index contributed by atoms with van der Waals surface area (Å²) in [5.41, 5.74) is 5.82. The van der Waals surface area contributed by atoms with E-state index in [1.54, 1.807) is 11.8 Å². The molecule has 1 aliphatic rings. The number of carboxylic acids is 1. The molecule has 0 aliphatic heterocycles. The normalized spacial score (nSPS) is 19.5. The summed E-state index contributed by atoms with van der Waals surface area (Å²) in [6, 6.07) is -0.273. The van der Waals surface area contributed by atoms with Crippen LogP contribution in [-0.2, 0) is 9.59 Å². The van der Waals surface area contributed by atoms with Gasteiger partial charge in [0.15, 0.2) is 0 Å². The van der Waals surface area contributed by atoms with Crippen LogP contribution in [0.4, 0.5) is 0 Å². The highest BCUT2D eigenvalue weighted by atomic mass is 16.4. The van der Waals surface area contributed by atoms with Gasteiger partial charge in [-0.05, 0) is 26.7 Å². The lowest BCUT2D eigenvalue weighted by Crippen LogP contribution is -2.46. The van der Waals surface area contributed by atoms with Crippen LogP contribution >= 0.6 is 0 Å². The number of nitrogens with zero attached hydrogens (tertiary/aromatic N) is 1. The van der Waals surface area contributed by atoms with E-state index in [0.717, 1.165) is 25.7 Å². The second kappa shape index (κ2) is 6.18. The predicted molar refractivity (Wildman–Crippen MR) is 69.1 cm³/mol. The van der Waals surface area contributed by atoms with E-state index in [-0.39, 0.29) is 23.9 Å². The minimum absolute atomic E-state index is 0.0167. The molecule has 1 atom stereocenters. The van der Waals surface area contributed by atoms with Gasteiger partial charge in [-0.25, -0.2) is 0 Å². The minimum Gasteiger partial charge on any atom is -0.481 e. The number of hydrogen-bond donors (Lipinski definition) is 2. The summed E-state index contributed by atoms with van der Waals surface area (Å²) < 4.78 is 0. The summed E-state index contributed by atoms with van der Waals surface area (Å²) in [6.07, 6.45) is 4.27. The number of hydrogen-bond acceptors (Lipinski definition) is 3. The van der Waals surface area contributed by atoms with Crippen LogP contribution in [0.3, 0.4) is 0 Å². The second-order valence-electron chi connectivity index (χ2n) is 5.37. The van der Waals surface area contributed by atoms with Gasteiger partial charge in [0.1, 0.15) is 0 Å². The summed E-state index contributed by atoms with van der Waals surface area (Å²) in [5.74, 6) is -0.896. The first-order valence-electron chi connectivity index (χ1n) is 6.68. The van der Waals surface area contributed by atoms with Crippen molar-refractivity contribution in [2.75, 3.05) is 6.54 Å². The Bertz CT molecular complexity index is 311. The van der Waals surface area contributed by atoms with Gasteiger partial charge in [0, 0.05) is 24.5 Å². The number of carboxylic acid groups (broad SMARTS) is 1. The van der Waals surface area contributed by atoms with Crippen LogP contribution in [0, 0.1) is 0 Å². The molecular weight excluding hydrogens is 232 g/mol. The highest BCUT2D eigenvalue weighted by Crippen LogP contribution is 2.30. The Labute approximate surface area is 108 Å². The molecule has 3 N–H and O–H groups in total. The van der Waals surface area contributed by atoms with Crippen molar-refractivity contribution in [1.29, 1.82) is 0 Å². The Morgan fingerprint density at radius 2 is 1.94 bits per heavy atom. The molecule has 0 aromatic rings. The van der Waals surface area contributed by atoms with Crippen molar-refractivity contribution < 1.29 is 14.7 Å². The van der Waals surface area contributed by atoms with E-state index < -0.39 is 5.97 Å². The van der Waals surface area contributed by atoms with Crippen LogP contribution in [-0.4, -0.2) is 40.0 Å². The van der Waals surface area contributed by atoms with Crippen molar-refractivity contribution in [2.45, 2.75) is 64.0 Å². The van der Waals surface area contributed by atoms with Crippen molar-refractivity contribution in [3.63, 3.8) is 0 Å². The zero-order chi connectivity index (χ0) is 13.8. The molecule has 0 aromatic carbocycles. The van der Waals surface area contributed by atoms with Gasteiger partial charge in [0.05, 0.1) is 6.42 Å².